The van der Waals surface area contributed by atoms with Gasteiger partial charge in [0.1, 0.15) is 23.4 Å². The molecule has 1 amide bonds. The zero-order valence-corrected chi connectivity index (χ0v) is 19.8. The monoisotopic (exact) mass is 479 g/mol. The molecule has 1 aliphatic heterocycles. The number of amides is 1. The number of benzene rings is 2. The van der Waals surface area contributed by atoms with Crippen LogP contribution in [0.25, 0.3) is 0 Å². The van der Waals surface area contributed by atoms with E-state index in [1.54, 1.807) is 19.1 Å². The van der Waals surface area contributed by atoms with Gasteiger partial charge in [0.2, 0.25) is 11.8 Å². The van der Waals surface area contributed by atoms with Gasteiger partial charge < -0.3 is 19.3 Å². The van der Waals surface area contributed by atoms with Crippen molar-refractivity contribution in [2.24, 2.45) is 0 Å². The first-order chi connectivity index (χ1) is 17.0. The van der Waals surface area contributed by atoms with Gasteiger partial charge in [0, 0.05) is 24.4 Å². The average molecular weight is 480 g/mol. The summed E-state index contributed by atoms with van der Waals surface area (Å²) in [6, 6.07) is 12.9. The van der Waals surface area contributed by atoms with Crippen LogP contribution >= 0.6 is 0 Å². The molecule has 8 heteroatoms. The first-order valence-corrected chi connectivity index (χ1v) is 12.3. The molecule has 2 aliphatic rings. The van der Waals surface area contributed by atoms with Crippen molar-refractivity contribution in [1.29, 1.82) is 0 Å². The highest BCUT2D eigenvalue weighted by molar-refractivity contribution is 5.76. The molecule has 7 nitrogen and oxygen atoms in total. The van der Waals surface area contributed by atoms with Crippen molar-refractivity contribution >= 4 is 5.91 Å². The van der Waals surface area contributed by atoms with Crippen LogP contribution in [-0.4, -0.2) is 28.2 Å². The van der Waals surface area contributed by atoms with Crippen molar-refractivity contribution in [3.63, 3.8) is 0 Å². The van der Waals surface area contributed by atoms with Gasteiger partial charge in [-0.05, 0) is 75.3 Å². The summed E-state index contributed by atoms with van der Waals surface area (Å²) in [4.78, 5) is 16.4. The van der Waals surface area contributed by atoms with E-state index in [2.05, 4.69) is 15.5 Å². The molecule has 1 aliphatic carbocycles. The largest absolute Gasteiger partial charge is 0.490 e. The van der Waals surface area contributed by atoms with Gasteiger partial charge in [-0.1, -0.05) is 23.4 Å². The van der Waals surface area contributed by atoms with E-state index in [4.69, 9.17) is 14.0 Å². The van der Waals surface area contributed by atoms with Gasteiger partial charge >= 0.3 is 0 Å². The van der Waals surface area contributed by atoms with Crippen LogP contribution in [0, 0.1) is 12.7 Å². The van der Waals surface area contributed by atoms with Crippen LogP contribution in [0.2, 0.25) is 0 Å². The first kappa shape index (κ1) is 23.3. The van der Waals surface area contributed by atoms with Gasteiger partial charge in [-0.3, -0.25) is 4.79 Å². The molecule has 2 aromatic carbocycles. The number of rotatable bonds is 7. The number of halogens is 1. The third-order valence-corrected chi connectivity index (χ3v) is 6.71. The van der Waals surface area contributed by atoms with Gasteiger partial charge in [0.15, 0.2) is 5.82 Å². The molecule has 1 N–H and O–H groups in total. The van der Waals surface area contributed by atoms with E-state index in [1.165, 1.54) is 6.07 Å². The topological polar surface area (TPSA) is 86.5 Å². The zero-order valence-electron chi connectivity index (χ0n) is 19.8. The molecule has 1 unspecified atom stereocenters. The number of ether oxygens (including phenoxy) is 2. The molecule has 1 fully saturated rings. The van der Waals surface area contributed by atoms with Gasteiger partial charge in [0.05, 0.1) is 6.10 Å². The quantitative estimate of drug-likeness (QED) is 0.512. The van der Waals surface area contributed by atoms with E-state index in [0.717, 1.165) is 55.6 Å². The molecule has 1 aromatic heterocycles. The Hall–Kier alpha value is -3.42. The molecule has 5 rings (SSSR count). The number of carbonyl (C=O) groups is 1. The SMILES string of the molecule is Cc1noc(CCC(=O)NC2CCC(Oc3ccc4c(c3)CCC(c3ccccc3F)O4)CC2)n1. The molecule has 35 heavy (non-hydrogen) atoms. The third kappa shape index (κ3) is 5.81. The highest BCUT2D eigenvalue weighted by Gasteiger charge is 2.26. The maximum Gasteiger partial charge on any atom is 0.227 e. The van der Waals surface area contributed by atoms with Crippen LogP contribution in [0.4, 0.5) is 4.39 Å². The number of carbonyl (C=O) groups excluding carboxylic acids is 1. The molecular formula is C27H30FN3O4. The van der Waals surface area contributed by atoms with Crippen molar-refractivity contribution in [3.05, 3.63) is 71.1 Å². The normalized spacial score (nSPS) is 21.6. The number of aromatic nitrogens is 2. The highest BCUT2D eigenvalue weighted by atomic mass is 19.1. The van der Waals surface area contributed by atoms with E-state index in [1.807, 2.05) is 24.3 Å². The van der Waals surface area contributed by atoms with Gasteiger partial charge in [-0.2, -0.15) is 4.98 Å². The molecule has 0 radical (unpaired) electrons. The second kappa shape index (κ2) is 10.5. The highest BCUT2D eigenvalue weighted by Crippen LogP contribution is 2.38. The minimum atomic E-state index is -0.267. The summed E-state index contributed by atoms with van der Waals surface area (Å²) in [6.07, 6.45) is 5.73. The third-order valence-electron chi connectivity index (χ3n) is 6.71. The van der Waals surface area contributed by atoms with Crippen molar-refractivity contribution in [1.82, 2.24) is 15.5 Å². The van der Waals surface area contributed by atoms with E-state index < -0.39 is 0 Å². The summed E-state index contributed by atoms with van der Waals surface area (Å²) in [7, 11) is 0. The Labute approximate surface area is 204 Å². The molecule has 1 atom stereocenters. The fourth-order valence-corrected chi connectivity index (χ4v) is 4.87. The van der Waals surface area contributed by atoms with Crippen molar-refractivity contribution in [2.75, 3.05) is 0 Å². The second-order valence-electron chi connectivity index (χ2n) is 9.33. The van der Waals surface area contributed by atoms with Gasteiger partial charge in [0.25, 0.3) is 0 Å². The zero-order chi connectivity index (χ0) is 24.2. The summed E-state index contributed by atoms with van der Waals surface area (Å²) in [5.41, 5.74) is 1.69. The van der Waals surface area contributed by atoms with Crippen LogP contribution in [0.5, 0.6) is 11.5 Å². The Morgan fingerprint density at radius 2 is 1.97 bits per heavy atom. The number of fused-ring (bicyclic) bond motifs is 1. The Morgan fingerprint density at radius 3 is 2.74 bits per heavy atom. The van der Waals surface area contributed by atoms with Gasteiger partial charge in [-0.25, -0.2) is 4.39 Å². The minimum Gasteiger partial charge on any atom is -0.490 e. The maximum absolute atomic E-state index is 14.2. The van der Waals surface area contributed by atoms with E-state index in [0.29, 0.717) is 30.1 Å². The average Bonchev–Trinajstić information content (AvgIpc) is 3.29. The lowest BCUT2D eigenvalue weighted by atomic mass is 9.92. The van der Waals surface area contributed by atoms with Crippen LogP contribution in [-0.2, 0) is 17.6 Å². The number of hydrogen-bond donors (Lipinski definition) is 1. The fraction of sp³-hybridized carbons (Fsp3) is 0.444. The van der Waals surface area contributed by atoms with Gasteiger partial charge in [-0.15, -0.1) is 0 Å². The van der Waals surface area contributed by atoms with Crippen molar-refractivity contribution in [2.45, 2.75) is 76.5 Å². The second-order valence-corrected chi connectivity index (χ2v) is 9.33. The number of hydrogen-bond acceptors (Lipinski definition) is 6. The van der Waals surface area contributed by atoms with E-state index in [-0.39, 0.29) is 30.0 Å². The summed E-state index contributed by atoms with van der Waals surface area (Å²) in [5, 5.41) is 6.86. The minimum absolute atomic E-state index is 0.00796. The fourth-order valence-electron chi connectivity index (χ4n) is 4.87. The maximum atomic E-state index is 14.2. The Balaban J connectivity index is 1.08. The van der Waals surface area contributed by atoms with Crippen LogP contribution < -0.4 is 14.8 Å². The lowest BCUT2D eigenvalue weighted by molar-refractivity contribution is -0.122. The first-order valence-electron chi connectivity index (χ1n) is 12.3. The number of nitrogens with zero attached hydrogens (tertiary/aromatic N) is 2. The number of nitrogens with one attached hydrogen (secondary N) is 1. The molecule has 0 saturated heterocycles. The lowest BCUT2D eigenvalue weighted by Gasteiger charge is -2.30. The van der Waals surface area contributed by atoms with Crippen LogP contribution in [0.3, 0.4) is 0 Å². The smallest absolute Gasteiger partial charge is 0.227 e. The predicted octanol–water partition coefficient (Wildman–Crippen LogP) is 5.02. The molecule has 3 aromatic rings. The van der Waals surface area contributed by atoms with E-state index in [9.17, 15) is 9.18 Å². The lowest BCUT2D eigenvalue weighted by Crippen LogP contribution is -2.39. The Kier molecular flexibility index (Phi) is 6.97. The molecule has 0 bridgehead atoms. The van der Waals surface area contributed by atoms with E-state index >= 15 is 0 Å². The van der Waals surface area contributed by atoms with Crippen LogP contribution in [0.15, 0.2) is 47.0 Å². The standard InChI is InChI=1S/C27H30FN3O4/c1-17-29-27(35-31-17)15-14-26(32)30-19-7-9-20(10-8-19)33-21-11-13-24-18(16-21)6-12-25(34-24)22-4-2-3-5-23(22)28/h2-5,11,13,16,19-20,25H,6-10,12,14-15H2,1H3,(H,30,32). The molecule has 184 valence electrons. The predicted molar refractivity (Wildman–Crippen MR) is 127 cm³/mol. The van der Waals surface area contributed by atoms with Crippen molar-refractivity contribution in [3.8, 4) is 11.5 Å². The Bertz CT molecular complexity index is 1170. The number of aryl methyl sites for hydroxylation is 3. The molecular weight excluding hydrogens is 449 g/mol. The molecule has 0 spiro atoms. The summed E-state index contributed by atoms with van der Waals surface area (Å²) in [5.74, 6) is 2.48. The summed E-state index contributed by atoms with van der Waals surface area (Å²) >= 11 is 0. The summed E-state index contributed by atoms with van der Waals surface area (Å²) < 4.78 is 31.6. The summed E-state index contributed by atoms with van der Waals surface area (Å²) in [6.45, 7) is 1.76. The Morgan fingerprint density at radius 1 is 1.14 bits per heavy atom. The molecule has 1 saturated carbocycles. The molecule has 2 heterocycles. The van der Waals surface area contributed by atoms with Crippen molar-refractivity contribution < 1.29 is 23.2 Å². The van der Waals surface area contributed by atoms with Crippen LogP contribution in [0.1, 0.15) is 67.5 Å².